The number of methoxy groups -OCH3 is 1. The van der Waals surface area contributed by atoms with Gasteiger partial charge in [-0.05, 0) is 69.5 Å². The monoisotopic (exact) mass is 540 g/mol. The average molecular weight is 541 g/mol. The Morgan fingerprint density at radius 3 is 2.24 bits per heavy atom. The van der Waals surface area contributed by atoms with Gasteiger partial charge in [0.05, 0.1) is 30.9 Å². The normalized spacial score (nSPS) is 23.7. The van der Waals surface area contributed by atoms with Crippen molar-refractivity contribution in [2.75, 3.05) is 20.3 Å². The fraction of sp³-hybridized carbons (Fsp3) is 0.667. The van der Waals surface area contributed by atoms with Crippen molar-refractivity contribution in [3.8, 4) is 11.8 Å². The SMILES string of the molecule is C=C(OCC)c1nncc(C#CC(=O)C23CCC(C(=O)OC)(CC2)CC3)c1C(C)CO[Si](C)(C)C(C)(C)C. The summed E-state index contributed by atoms with van der Waals surface area (Å²) in [6, 6.07) is 0. The molecule has 38 heavy (non-hydrogen) atoms. The molecule has 208 valence electrons. The molecule has 0 radical (unpaired) electrons. The number of hydrogen-bond donors (Lipinski definition) is 0. The molecule has 0 aliphatic heterocycles. The molecule has 2 bridgehead atoms. The van der Waals surface area contributed by atoms with Gasteiger partial charge in [-0.1, -0.05) is 40.2 Å². The van der Waals surface area contributed by atoms with Crippen LogP contribution in [-0.4, -0.2) is 50.6 Å². The topological polar surface area (TPSA) is 87.6 Å². The molecule has 3 aliphatic carbocycles. The number of esters is 1. The first kappa shape index (κ1) is 30.0. The number of fused-ring (bicyclic) bond motifs is 3. The van der Waals surface area contributed by atoms with E-state index in [0.29, 0.717) is 68.8 Å². The second-order valence-corrected chi connectivity index (χ2v) is 17.3. The summed E-state index contributed by atoms with van der Waals surface area (Å²) in [6.07, 6.45) is 5.64. The van der Waals surface area contributed by atoms with Gasteiger partial charge < -0.3 is 13.9 Å². The molecule has 0 spiro atoms. The largest absolute Gasteiger partial charge is 0.492 e. The van der Waals surface area contributed by atoms with Crippen molar-refractivity contribution in [1.82, 2.24) is 10.2 Å². The number of carbonyl (C=O) groups is 2. The van der Waals surface area contributed by atoms with Crippen LogP contribution >= 0.6 is 0 Å². The molecular formula is C30H44N2O5Si. The maximum Gasteiger partial charge on any atom is 0.311 e. The summed E-state index contributed by atoms with van der Waals surface area (Å²) in [5.74, 6) is 6.26. The van der Waals surface area contributed by atoms with Crippen LogP contribution in [0.4, 0.5) is 0 Å². The van der Waals surface area contributed by atoms with E-state index in [0.717, 1.165) is 5.56 Å². The lowest BCUT2D eigenvalue weighted by atomic mass is 9.52. The molecule has 1 aromatic rings. The van der Waals surface area contributed by atoms with Crippen LogP contribution < -0.4 is 0 Å². The number of nitrogens with zero attached hydrogens (tertiary/aromatic N) is 2. The predicted octanol–water partition coefficient (Wildman–Crippen LogP) is 6.04. The van der Waals surface area contributed by atoms with Crippen LogP contribution in [0.2, 0.25) is 18.1 Å². The molecule has 4 rings (SSSR count). The maximum atomic E-state index is 13.5. The minimum Gasteiger partial charge on any atom is -0.492 e. The Kier molecular flexibility index (Phi) is 8.94. The molecule has 3 fully saturated rings. The quantitative estimate of drug-likeness (QED) is 0.163. The number of rotatable bonds is 9. The summed E-state index contributed by atoms with van der Waals surface area (Å²) in [4.78, 5) is 25.8. The van der Waals surface area contributed by atoms with Crippen LogP contribution in [0, 0.1) is 22.7 Å². The minimum absolute atomic E-state index is 0.0607. The Bertz CT molecular complexity index is 1120. The molecule has 1 unspecified atom stereocenters. The van der Waals surface area contributed by atoms with E-state index < -0.39 is 19.1 Å². The first-order valence-corrected chi connectivity index (χ1v) is 16.6. The van der Waals surface area contributed by atoms with Gasteiger partial charge in [-0.25, -0.2) is 0 Å². The van der Waals surface area contributed by atoms with Crippen molar-refractivity contribution in [3.05, 3.63) is 29.6 Å². The standard InChI is InChI=1S/C30H44N2O5Si/c1-10-36-22(3)26-25(21(2)20-37-38(8,9)28(4,5)6)23(19-31-32-26)11-12-24(33)29-13-16-30(17-14-29,18-15-29)27(34)35-7/h19,21H,3,10,13-18,20H2,1-2,4-9H3. The molecule has 3 aliphatic rings. The van der Waals surface area contributed by atoms with E-state index in [4.69, 9.17) is 13.9 Å². The summed E-state index contributed by atoms with van der Waals surface area (Å²) in [6.45, 7) is 20.1. The molecule has 1 heterocycles. The first-order chi connectivity index (χ1) is 17.7. The molecule has 1 aromatic heterocycles. The van der Waals surface area contributed by atoms with Crippen molar-refractivity contribution in [3.63, 3.8) is 0 Å². The van der Waals surface area contributed by atoms with Gasteiger partial charge in [0.1, 0.15) is 11.5 Å². The lowest BCUT2D eigenvalue weighted by Gasteiger charge is -2.50. The molecular weight excluding hydrogens is 496 g/mol. The fourth-order valence-electron chi connectivity index (χ4n) is 5.38. The third-order valence-corrected chi connectivity index (χ3v) is 13.6. The van der Waals surface area contributed by atoms with Crippen LogP contribution in [0.25, 0.3) is 5.76 Å². The maximum absolute atomic E-state index is 13.5. The highest BCUT2D eigenvalue weighted by Crippen LogP contribution is 2.57. The number of aromatic nitrogens is 2. The zero-order chi connectivity index (χ0) is 28.4. The van der Waals surface area contributed by atoms with Crippen LogP contribution in [0.3, 0.4) is 0 Å². The predicted molar refractivity (Wildman–Crippen MR) is 151 cm³/mol. The van der Waals surface area contributed by atoms with Gasteiger partial charge in [0.2, 0.25) is 5.78 Å². The molecule has 0 saturated heterocycles. The Balaban J connectivity index is 1.90. The summed E-state index contributed by atoms with van der Waals surface area (Å²) in [5, 5.41) is 8.59. The van der Waals surface area contributed by atoms with Gasteiger partial charge in [0.25, 0.3) is 0 Å². The van der Waals surface area contributed by atoms with E-state index in [1.807, 2.05) is 6.92 Å². The van der Waals surface area contributed by atoms with Crippen molar-refractivity contribution in [1.29, 1.82) is 0 Å². The molecule has 0 N–H and O–H groups in total. The summed E-state index contributed by atoms with van der Waals surface area (Å²) in [5.41, 5.74) is 1.11. The van der Waals surface area contributed by atoms with E-state index in [1.54, 1.807) is 6.20 Å². The summed E-state index contributed by atoms with van der Waals surface area (Å²) >= 11 is 0. The second-order valence-electron chi connectivity index (χ2n) is 12.5. The van der Waals surface area contributed by atoms with Gasteiger partial charge in [0, 0.05) is 23.5 Å². The van der Waals surface area contributed by atoms with Gasteiger partial charge in [0.15, 0.2) is 8.32 Å². The van der Waals surface area contributed by atoms with Gasteiger partial charge in [-0.15, -0.1) is 5.10 Å². The van der Waals surface area contributed by atoms with Crippen molar-refractivity contribution in [2.45, 2.75) is 97.2 Å². The highest BCUT2D eigenvalue weighted by atomic mass is 28.4. The summed E-state index contributed by atoms with van der Waals surface area (Å²) < 4.78 is 17.3. The molecule has 3 saturated carbocycles. The van der Waals surface area contributed by atoms with E-state index in [1.165, 1.54) is 7.11 Å². The lowest BCUT2D eigenvalue weighted by molar-refractivity contribution is -0.164. The van der Waals surface area contributed by atoms with E-state index in [-0.39, 0.29) is 22.7 Å². The highest BCUT2D eigenvalue weighted by molar-refractivity contribution is 6.74. The van der Waals surface area contributed by atoms with Crippen molar-refractivity contribution < 1.29 is 23.5 Å². The third-order valence-electron chi connectivity index (χ3n) is 9.12. The Labute approximate surface area is 229 Å². The smallest absolute Gasteiger partial charge is 0.311 e. The van der Waals surface area contributed by atoms with Crippen molar-refractivity contribution >= 4 is 25.8 Å². The number of hydrogen-bond acceptors (Lipinski definition) is 7. The van der Waals surface area contributed by atoms with E-state index in [9.17, 15) is 9.59 Å². The van der Waals surface area contributed by atoms with Gasteiger partial charge in [-0.3, -0.25) is 9.59 Å². The van der Waals surface area contributed by atoms with E-state index >= 15 is 0 Å². The third kappa shape index (κ3) is 5.89. The van der Waals surface area contributed by atoms with Crippen LogP contribution in [0.15, 0.2) is 12.8 Å². The average Bonchev–Trinajstić information content (AvgIpc) is 2.90. The summed E-state index contributed by atoms with van der Waals surface area (Å²) in [7, 11) is -0.535. The first-order valence-electron chi connectivity index (χ1n) is 13.7. The van der Waals surface area contributed by atoms with Crippen LogP contribution in [0.1, 0.15) is 95.9 Å². The molecule has 0 aromatic carbocycles. The number of Topliss-reactive ketones (excluding diaryl/α,β-unsaturated/α-hetero) is 1. The number of ketones is 1. The molecule has 7 nitrogen and oxygen atoms in total. The Morgan fingerprint density at radius 2 is 1.71 bits per heavy atom. The van der Waals surface area contributed by atoms with Gasteiger partial charge in [-0.2, -0.15) is 5.10 Å². The fourth-order valence-corrected chi connectivity index (χ4v) is 6.48. The van der Waals surface area contributed by atoms with Crippen molar-refractivity contribution in [2.24, 2.45) is 10.8 Å². The molecule has 0 amide bonds. The highest BCUT2D eigenvalue weighted by Gasteiger charge is 2.55. The number of ether oxygens (including phenoxy) is 2. The Hall–Kier alpha value is -2.50. The molecule has 8 heteroatoms. The van der Waals surface area contributed by atoms with Crippen LogP contribution in [0.5, 0.6) is 0 Å². The molecule has 1 atom stereocenters. The zero-order valence-electron chi connectivity index (χ0n) is 24.5. The second kappa shape index (κ2) is 11.3. The van der Waals surface area contributed by atoms with Crippen LogP contribution in [-0.2, 0) is 23.5 Å². The lowest BCUT2D eigenvalue weighted by Crippen LogP contribution is -2.49. The van der Waals surface area contributed by atoms with Gasteiger partial charge >= 0.3 is 5.97 Å². The van der Waals surface area contributed by atoms with E-state index in [2.05, 4.69) is 69.4 Å². The minimum atomic E-state index is -1.98. The number of carbonyl (C=O) groups excluding carboxylic acids is 2. The zero-order valence-corrected chi connectivity index (χ0v) is 25.5. The Morgan fingerprint density at radius 1 is 1.13 bits per heavy atom.